The maximum absolute atomic E-state index is 11.3. The Hall–Kier alpha value is -1.30. The number of aromatic nitrogens is 2. The van der Waals surface area contributed by atoms with Gasteiger partial charge >= 0.3 is 0 Å². The van der Waals surface area contributed by atoms with E-state index in [2.05, 4.69) is 15.3 Å². The molecule has 0 aliphatic carbocycles. The molecule has 0 saturated carbocycles. The zero-order valence-electron chi connectivity index (χ0n) is 9.37. The van der Waals surface area contributed by atoms with E-state index >= 15 is 0 Å². The summed E-state index contributed by atoms with van der Waals surface area (Å²) < 4.78 is 0. The summed E-state index contributed by atoms with van der Waals surface area (Å²) in [5.41, 5.74) is 0.600. The minimum atomic E-state index is -0.169. The fourth-order valence-corrected chi connectivity index (χ4v) is 1.91. The molecule has 88 valence electrons. The van der Waals surface area contributed by atoms with Crippen LogP contribution in [0.25, 0.3) is 0 Å². The van der Waals surface area contributed by atoms with Gasteiger partial charge in [0, 0.05) is 18.8 Å². The van der Waals surface area contributed by atoms with Gasteiger partial charge in [0.25, 0.3) is 5.56 Å². The van der Waals surface area contributed by atoms with E-state index in [0.29, 0.717) is 5.16 Å². The Kier molecular flexibility index (Phi) is 5.04. The maximum Gasteiger partial charge on any atom is 0.251 e. The largest absolute Gasteiger partial charge is 0.358 e. The van der Waals surface area contributed by atoms with Gasteiger partial charge in [-0.1, -0.05) is 25.1 Å². The number of hydrogen-bond acceptors (Lipinski definition) is 4. The minimum Gasteiger partial charge on any atom is -0.358 e. The second kappa shape index (κ2) is 6.32. The van der Waals surface area contributed by atoms with Crippen LogP contribution in [-0.2, 0) is 11.2 Å². The first-order valence-electron chi connectivity index (χ1n) is 5.09. The van der Waals surface area contributed by atoms with Gasteiger partial charge < -0.3 is 10.3 Å². The molecule has 2 N–H and O–H groups in total. The van der Waals surface area contributed by atoms with E-state index in [1.165, 1.54) is 17.8 Å². The first kappa shape index (κ1) is 12.8. The van der Waals surface area contributed by atoms with E-state index in [0.717, 1.165) is 18.5 Å². The van der Waals surface area contributed by atoms with Crippen molar-refractivity contribution in [3.63, 3.8) is 0 Å². The molecule has 0 fully saturated rings. The van der Waals surface area contributed by atoms with Crippen LogP contribution in [0, 0.1) is 0 Å². The summed E-state index contributed by atoms with van der Waals surface area (Å²) in [4.78, 5) is 29.2. The molecule has 0 atom stereocenters. The van der Waals surface area contributed by atoms with Crippen LogP contribution in [0.5, 0.6) is 0 Å². The summed E-state index contributed by atoms with van der Waals surface area (Å²) in [6.45, 7) is 2.03. The van der Waals surface area contributed by atoms with Crippen molar-refractivity contribution in [2.75, 3.05) is 12.8 Å². The van der Waals surface area contributed by atoms with Crippen LogP contribution in [0.15, 0.2) is 16.0 Å². The van der Waals surface area contributed by atoms with Crippen LogP contribution in [0.4, 0.5) is 0 Å². The lowest BCUT2D eigenvalue weighted by Gasteiger charge is -2.02. The summed E-state index contributed by atoms with van der Waals surface area (Å²) in [7, 11) is 1.58. The molecular weight excluding hydrogens is 226 g/mol. The van der Waals surface area contributed by atoms with E-state index in [1.54, 1.807) is 7.05 Å². The van der Waals surface area contributed by atoms with Gasteiger partial charge in [-0.15, -0.1) is 0 Å². The average molecular weight is 241 g/mol. The number of carbonyl (C=O) groups excluding carboxylic acids is 1. The van der Waals surface area contributed by atoms with Gasteiger partial charge in [-0.2, -0.15) is 0 Å². The molecule has 0 aromatic carbocycles. The summed E-state index contributed by atoms with van der Waals surface area (Å²) in [5, 5.41) is 3.01. The lowest BCUT2D eigenvalue weighted by molar-refractivity contribution is -0.118. The standard InChI is InChI=1S/C10H15N3O2S/c1-3-4-7-5-8(14)13-10(12-7)16-6-9(15)11-2/h5H,3-4,6H2,1-2H3,(H,11,15)(H,12,13,14). The summed E-state index contributed by atoms with van der Waals surface area (Å²) in [6, 6.07) is 1.49. The van der Waals surface area contributed by atoms with Crippen molar-refractivity contribution in [3.05, 3.63) is 22.1 Å². The van der Waals surface area contributed by atoms with Gasteiger partial charge in [0.15, 0.2) is 5.16 Å². The fraction of sp³-hybridized carbons (Fsp3) is 0.500. The first-order chi connectivity index (χ1) is 7.65. The molecule has 0 saturated heterocycles. The van der Waals surface area contributed by atoms with Crippen LogP contribution in [-0.4, -0.2) is 28.7 Å². The molecule has 1 aromatic rings. The highest BCUT2D eigenvalue weighted by atomic mass is 32.2. The summed E-state index contributed by atoms with van der Waals surface area (Å²) >= 11 is 1.23. The number of H-pyrrole nitrogens is 1. The SMILES string of the molecule is CCCc1cc(=O)[nH]c(SCC(=O)NC)n1. The zero-order chi connectivity index (χ0) is 12.0. The Balaban J connectivity index is 2.72. The molecule has 0 aliphatic heterocycles. The Morgan fingerprint density at radius 1 is 1.62 bits per heavy atom. The third kappa shape index (κ3) is 4.06. The third-order valence-electron chi connectivity index (χ3n) is 1.90. The van der Waals surface area contributed by atoms with Crippen molar-refractivity contribution in [2.24, 2.45) is 0 Å². The molecule has 1 aromatic heterocycles. The van der Waals surface area contributed by atoms with Gasteiger partial charge in [0.05, 0.1) is 5.75 Å². The summed E-state index contributed by atoms with van der Waals surface area (Å²) in [5.74, 6) is 0.170. The predicted molar refractivity (Wildman–Crippen MR) is 63.6 cm³/mol. The Morgan fingerprint density at radius 2 is 2.38 bits per heavy atom. The zero-order valence-corrected chi connectivity index (χ0v) is 10.2. The van der Waals surface area contributed by atoms with E-state index in [1.807, 2.05) is 6.92 Å². The number of amides is 1. The van der Waals surface area contributed by atoms with Crippen molar-refractivity contribution < 1.29 is 4.79 Å². The number of hydrogen-bond donors (Lipinski definition) is 2. The minimum absolute atomic E-state index is 0.0893. The topological polar surface area (TPSA) is 74.8 Å². The van der Waals surface area contributed by atoms with Gasteiger partial charge in [0.1, 0.15) is 0 Å². The first-order valence-corrected chi connectivity index (χ1v) is 6.08. The molecule has 0 unspecified atom stereocenters. The molecule has 5 nitrogen and oxygen atoms in total. The Bertz CT molecular complexity index is 417. The van der Waals surface area contributed by atoms with Gasteiger partial charge in [-0.3, -0.25) is 9.59 Å². The Morgan fingerprint density at radius 3 is 3.00 bits per heavy atom. The fourth-order valence-electron chi connectivity index (χ4n) is 1.14. The van der Waals surface area contributed by atoms with Gasteiger partial charge in [0.2, 0.25) is 5.91 Å². The Labute approximate surface area is 98.1 Å². The quantitative estimate of drug-likeness (QED) is 0.583. The highest BCUT2D eigenvalue weighted by Gasteiger charge is 2.04. The van der Waals surface area contributed by atoms with Crippen LogP contribution < -0.4 is 10.9 Å². The highest BCUT2D eigenvalue weighted by Crippen LogP contribution is 2.11. The van der Waals surface area contributed by atoms with E-state index in [4.69, 9.17) is 0 Å². The van der Waals surface area contributed by atoms with Crippen LogP contribution in [0.3, 0.4) is 0 Å². The van der Waals surface area contributed by atoms with E-state index in [9.17, 15) is 9.59 Å². The third-order valence-corrected chi connectivity index (χ3v) is 2.77. The molecule has 1 amide bonds. The molecule has 6 heteroatoms. The lowest BCUT2D eigenvalue weighted by atomic mass is 10.2. The summed E-state index contributed by atoms with van der Waals surface area (Å²) in [6.07, 6.45) is 1.72. The van der Waals surface area contributed by atoms with Gasteiger partial charge in [-0.05, 0) is 6.42 Å². The number of rotatable bonds is 5. The molecule has 0 radical (unpaired) electrons. The lowest BCUT2D eigenvalue weighted by Crippen LogP contribution is -2.20. The van der Waals surface area contributed by atoms with Crippen LogP contribution >= 0.6 is 11.8 Å². The normalized spacial score (nSPS) is 10.1. The molecule has 16 heavy (non-hydrogen) atoms. The van der Waals surface area contributed by atoms with Crippen molar-refractivity contribution in [2.45, 2.75) is 24.9 Å². The molecular formula is C10H15N3O2S. The highest BCUT2D eigenvalue weighted by molar-refractivity contribution is 7.99. The number of aromatic amines is 1. The molecule has 1 rings (SSSR count). The van der Waals surface area contributed by atoms with E-state index in [-0.39, 0.29) is 17.2 Å². The van der Waals surface area contributed by atoms with Crippen molar-refractivity contribution in [1.29, 1.82) is 0 Å². The smallest absolute Gasteiger partial charge is 0.251 e. The van der Waals surface area contributed by atoms with Gasteiger partial charge in [-0.25, -0.2) is 4.98 Å². The predicted octanol–water partition coefficient (Wildman–Crippen LogP) is 0.561. The van der Waals surface area contributed by atoms with Crippen molar-refractivity contribution in [1.82, 2.24) is 15.3 Å². The number of nitrogens with one attached hydrogen (secondary N) is 2. The second-order valence-corrected chi connectivity index (χ2v) is 4.22. The molecule has 0 aliphatic rings. The molecule has 0 bridgehead atoms. The average Bonchev–Trinajstić information content (AvgIpc) is 2.25. The van der Waals surface area contributed by atoms with Crippen LogP contribution in [0.2, 0.25) is 0 Å². The molecule has 0 spiro atoms. The number of nitrogens with zero attached hydrogens (tertiary/aromatic N) is 1. The van der Waals surface area contributed by atoms with Crippen LogP contribution in [0.1, 0.15) is 19.0 Å². The number of carbonyl (C=O) groups is 1. The van der Waals surface area contributed by atoms with E-state index < -0.39 is 0 Å². The monoisotopic (exact) mass is 241 g/mol. The number of aryl methyl sites for hydroxylation is 1. The maximum atomic E-state index is 11.3. The number of thioether (sulfide) groups is 1. The van der Waals surface area contributed by atoms with Crippen molar-refractivity contribution >= 4 is 17.7 Å². The van der Waals surface area contributed by atoms with Crippen molar-refractivity contribution in [3.8, 4) is 0 Å². The second-order valence-electron chi connectivity index (χ2n) is 3.25. The molecule has 1 heterocycles.